The quantitative estimate of drug-likeness (QED) is 0.0222. The summed E-state index contributed by atoms with van der Waals surface area (Å²) in [4.78, 5) is 72.7. The van der Waals surface area contributed by atoms with Crippen molar-refractivity contribution in [1.29, 1.82) is 0 Å². The van der Waals surface area contributed by atoms with Crippen LogP contribution in [0.2, 0.25) is 0 Å². The number of phosphoric acid groups is 2. The van der Waals surface area contributed by atoms with Crippen molar-refractivity contribution >= 4 is 39.5 Å². The molecule has 0 saturated carbocycles. The summed E-state index contributed by atoms with van der Waals surface area (Å²) in [7, 11) is -9.91. The summed E-state index contributed by atoms with van der Waals surface area (Å²) < 4.78 is 68.5. The second-order valence-corrected chi connectivity index (χ2v) is 30.1. The van der Waals surface area contributed by atoms with Gasteiger partial charge in [0.15, 0.2) is 12.2 Å². The van der Waals surface area contributed by atoms with Crippen molar-refractivity contribution in [3.05, 3.63) is 0 Å². The maximum absolute atomic E-state index is 13.1. The van der Waals surface area contributed by atoms with Gasteiger partial charge in [0.05, 0.1) is 26.4 Å². The summed E-state index contributed by atoms with van der Waals surface area (Å²) in [5.41, 5.74) is 0. The zero-order valence-electron chi connectivity index (χ0n) is 60.4. The van der Waals surface area contributed by atoms with E-state index in [9.17, 15) is 43.2 Å². The van der Waals surface area contributed by atoms with Crippen molar-refractivity contribution in [2.75, 3.05) is 39.6 Å². The summed E-state index contributed by atoms with van der Waals surface area (Å²) in [5.74, 6) is -1.38. The fraction of sp³-hybridized carbons (Fsp3) is 0.946. The molecule has 19 heteroatoms. The molecular formula is C74H144O17P2. The minimum Gasteiger partial charge on any atom is -0.462 e. The lowest BCUT2D eigenvalue weighted by molar-refractivity contribution is -0.161. The number of aliphatic hydroxyl groups is 1. The number of aliphatic hydroxyl groups excluding tert-OH is 1. The molecule has 0 heterocycles. The van der Waals surface area contributed by atoms with Crippen LogP contribution in [0.5, 0.6) is 0 Å². The molecule has 0 rings (SSSR count). The third kappa shape index (κ3) is 68.4. The minimum atomic E-state index is -4.95. The fourth-order valence-electron chi connectivity index (χ4n) is 11.4. The first kappa shape index (κ1) is 91.1. The predicted molar refractivity (Wildman–Crippen MR) is 377 cm³/mol. The SMILES string of the molecule is CCCCCCCCCCCCCCCCCCCC(=O)O[C@H](COC(=O)CCCCCCCCCCCCCCC)COP(=O)(O)OC[C@@H](O)COP(=O)(O)OC[C@@H](COC(=O)CCCCCCCCCCCCC)OC(=O)CCCCCCCCCCCC(C)C. The molecule has 93 heavy (non-hydrogen) atoms. The van der Waals surface area contributed by atoms with Gasteiger partial charge in [0, 0.05) is 25.7 Å². The van der Waals surface area contributed by atoms with Crippen molar-refractivity contribution in [1.82, 2.24) is 0 Å². The highest BCUT2D eigenvalue weighted by Gasteiger charge is 2.30. The van der Waals surface area contributed by atoms with Crippen LogP contribution in [-0.4, -0.2) is 96.7 Å². The van der Waals surface area contributed by atoms with Gasteiger partial charge in [-0.2, -0.15) is 0 Å². The van der Waals surface area contributed by atoms with E-state index in [-0.39, 0.29) is 25.7 Å². The molecule has 0 aromatic rings. The largest absolute Gasteiger partial charge is 0.472 e. The maximum atomic E-state index is 13.1. The highest BCUT2D eigenvalue weighted by Crippen LogP contribution is 2.45. The smallest absolute Gasteiger partial charge is 0.462 e. The van der Waals surface area contributed by atoms with E-state index in [1.54, 1.807) is 0 Å². The maximum Gasteiger partial charge on any atom is 0.472 e. The second kappa shape index (κ2) is 67.3. The van der Waals surface area contributed by atoms with E-state index in [0.717, 1.165) is 95.8 Å². The molecule has 0 bridgehead atoms. The van der Waals surface area contributed by atoms with Crippen molar-refractivity contribution in [3.63, 3.8) is 0 Å². The first-order chi connectivity index (χ1) is 45.0. The van der Waals surface area contributed by atoms with Crippen LogP contribution in [-0.2, 0) is 65.4 Å². The number of carbonyl (C=O) groups is 4. The van der Waals surface area contributed by atoms with Crippen molar-refractivity contribution in [2.45, 2.75) is 406 Å². The van der Waals surface area contributed by atoms with Crippen LogP contribution >= 0.6 is 15.6 Å². The Labute approximate surface area is 568 Å². The van der Waals surface area contributed by atoms with Crippen molar-refractivity contribution in [2.24, 2.45) is 5.92 Å². The molecule has 0 saturated heterocycles. The molecule has 0 aromatic heterocycles. The summed E-state index contributed by atoms with van der Waals surface area (Å²) in [6.07, 6.45) is 55.4. The number of rotatable bonds is 74. The molecule has 0 spiro atoms. The van der Waals surface area contributed by atoms with E-state index in [1.165, 1.54) is 212 Å². The van der Waals surface area contributed by atoms with Crippen LogP contribution in [0.1, 0.15) is 388 Å². The van der Waals surface area contributed by atoms with Crippen molar-refractivity contribution in [3.8, 4) is 0 Å². The Bertz CT molecular complexity index is 1790. The van der Waals surface area contributed by atoms with E-state index in [2.05, 4.69) is 34.6 Å². The van der Waals surface area contributed by atoms with Crippen LogP contribution in [0.25, 0.3) is 0 Å². The topological polar surface area (TPSA) is 237 Å². The number of phosphoric ester groups is 2. The van der Waals surface area contributed by atoms with Crippen molar-refractivity contribution < 1.29 is 80.2 Å². The van der Waals surface area contributed by atoms with Gasteiger partial charge in [-0.1, -0.05) is 336 Å². The third-order valence-corrected chi connectivity index (χ3v) is 19.2. The molecule has 5 atom stereocenters. The van der Waals surface area contributed by atoms with Gasteiger partial charge in [-0.05, 0) is 31.6 Å². The van der Waals surface area contributed by atoms with E-state index in [0.29, 0.717) is 25.7 Å². The normalized spacial score (nSPS) is 14.0. The zero-order chi connectivity index (χ0) is 68.4. The molecule has 0 radical (unpaired) electrons. The Kier molecular flexibility index (Phi) is 65.9. The van der Waals surface area contributed by atoms with Gasteiger partial charge >= 0.3 is 39.5 Å². The number of esters is 4. The number of ether oxygens (including phenoxy) is 4. The van der Waals surface area contributed by atoms with Gasteiger partial charge in [0.1, 0.15) is 19.3 Å². The Morgan fingerprint density at radius 1 is 0.290 bits per heavy atom. The summed E-state index contributed by atoms with van der Waals surface area (Å²) >= 11 is 0. The third-order valence-electron chi connectivity index (χ3n) is 17.3. The molecule has 552 valence electrons. The fourth-order valence-corrected chi connectivity index (χ4v) is 12.9. The molecule has 2 unspecified atom stereocenters. The van der Waals surface area contributed by atoms with Crippen LogP contribution in [0.15, 0.2) is 0 Å². The Hall–Kier alpha value is -1.94. The molecule has 3 N–H and O–H groups in total. The second-order valence-electron chi connectivity index (χ2n) is 27.2. The number of carbonyl (C=O) groups excluding carboxylic acids is 4. The molecular weight excluding hydrogens is 1220 g/mol. The lowest BCUT2D eigenvalue weighted by Crippen LogP contribution is -2.30. The lowest BCUT2D eigenvalue weighted by atomic mass is 10.0. The Morgan fingerprint density at radius 2 is 0.495 bits per heavy atom. The van der Waals surface area contributed by atoms with Crippen LogP contribution < -0.4 is 0 Å². The summed E-state index contributed by atoms with van der Waals surface area (Å²) in [5, 5.41) is 10.6. The molecule has 0 fully saturated rings. The van der Waals surface area contributed by atoms with Gasteiger partial charge in [0.2, 0.25) is 0 Å². The van der Waals surface area contributed by atoms with Gasteiger partial charge in [0.25, 0.3) is 0 Å². The molecule has 0 aliphatic carbocycles. The average molecular weight is 1370 g/mol. The molecule has 17 nitrogen and oxygen atoms in total. The van der Waals surface area contributed by atoms with Crippen LogP contribution in [0.3, 0.4) is 0 Å². The van der Waals surface area contributed by atoms with E-state index < -0.39 is 97.5 Å². The number of hydrogen-bond donors (Lipinski definition) is 3. The molecule has 0 aliphatic rings. The van der Waals surface area contributed by atoms with E-state index in [1.807, 2.05) is 0 Å². The van der Waals surface area contributed by atoms with E-state index in [4.69, 9.17) is 37.0 Å². The highest BCUT2D eigenvalue weighted by atomic mass is 31.2. The van der Waals surface area contributed by atoms with E-state index >= 15 is 0 Å². The monoisotopic (exact) mass is 1370 g/mol. The summed E-state index contributed by atoms with van der Waals surface area (Å²) in [6.45, 7) is 7.26. The molecule has 0 aliphatic heterocycles. The Balaban J connectivity index is 5.24. The first-order valence-electron chi connectivity index (χ1n) is 38.6. The lowest BCUT2D eigenvalue weighted by Gasteiger charge is -2.21. The molecule has 0 amide bonds. The number of hydrogen-bond acceptors (Lipinski definition) is 15. The van der Waals surface area contributed by atoms with Gasteiger partial charge in [-0.3, -0.25) is 37.3 Å². The average Bonchev–Trinajstić information content (AvgIpc) is 1.67. The minimum absolute atomic E-state index is 0.106. The van der Waals surface area contributed by atoms with Crippen LogP contribution in [0.4, 0.5) is 0 Å². The zero-order valence-corrected chi connectivity index (χ0v) is 62.2. The summed E-state index contributed by atoms with van der Waals surface area (Å²) in [6, 6.07) is 0. The van der Waals surface area contributed by atoms with Gasteiger partial charge in [-0.15, -0.1) is 0 Å². The van der Waals surface area contributed by atoms with Crippen LogP contribution in [0, 0.1) is 5.92 Å². The Morgan fingerprint density at radius 3 is 0.731 bits per heavy atom. The molecule has 0 aromatic carbocycles. The van der Waals surface area contributed by atoms with Gasteiger partial charge < -0.3 is 33.8 Å². The number of unbranched alkanes of at least 4 members (excludes halogenated alkanes) is 46. The first-order valence-corrected chi connectivity index (χ1v) is 41.6. The van der Waals surface area contributed by atoms with Gasteiger partial charge in [-0.25, -0.2) is 9.13 Å². The predicted octanol–water partition coefficient (Wildman–Crippen LogP) is 21.7. The standard InChI is InChI=1S/C74H144O17P2/c1-6-9-12-15-18-21-24-26-27-28-29-31-34-39-44-49-54-59-73(78)90-69(63-85-72(77)58-53-48-43-38-33-30-25-22-19-16-13-10-7-2)65-88-92(80,81)86-61-68(75)62-87-93(82,83)89-66-70(64-84-71(76)57-52-47-42-37-32-23-20-17-14-11-8-3)91-74(79)60-55-50-45-40-35-36-41-46-51-56-67(4)5/h67-70,75H,6-66H2,1-5H3,(H,80,81)(H,82,83)/t68-,69-,70-/m1/s1. The highest BCUT2D eigenvalue weighted by molar-refractivity contribution is 7.47.